The van der Waals surface area contributed by atoms with E-state index in [1.807, 2.05) is 17.5 Å². The number of hydrogen-bond donors (Lipinski definition) is 0. The van der Waals surface area contributed by atoms with Crippen LogP contribution < -0.4 is 5.19 Å². The van der Waals surface area contributed by atoms with Gasteiger partial charge in [-0.2, -0.15) is 0 Å². The van der Waals surface area contributed by atoms with Gasteiger partial charge in [0.1, 0.15) is 0 Å². The molecule has 2 aromatic heterocycles. The molecule has 0 spiro atoms. The molecule has 0 aliphatic rings. The van der Waals surface area contributed by atoms with E-state index in [-0.39, 0.29) is 5.41 Å². The Morgan fingerprint density at radius 2 is 1.52 bits per heavy atom. The fraction of sp³-hybridized carbons (Fsp3) is 0.300. The van der Waals surface area contributed by atoms with E-state index in [1.54, 1.807) is 5.19 Å². The summed E-state index contributed by atoms with van der Waals surface area (Å²) in [7, 11) is -1.49. The third kappa shape index (κ3) is 3.72. The molecule has 0 amide bonds. The average Bonchev–Trinajstić information content (AvgIpc) is 3.09. The normalized spacial score (nSPS) is 12.8. The zero-order valence-corrected chi connectivity index (χ0v) is 22.9. The summed E-state index contributed by atoms with van der Waals surface area (Å²) >= 11 is 1.94. The molecule has 0 aliphatic heterocycles. The van der Waals surface area contributed by atoms with Gasteiger partial charge < -0.3 is 0 Å². The number of aryl methyl sites for hydroxylation is 2. The van der Waals surface area contributed by atoms with Crippen molar-refractivity contribution in [2.24, 2.45) is 0 Å². The van der Waals surface area contributed by atoms with Crippen molar-refractivity contribution in [3.63, 3.8) is 0 Å². The molecule has 5 rings (SSSR count). The van der Waals surface area contributed by atoms with Gasteiger partial charge in [0.25, 0.3) is 0 Å². The molecule has 0 radical (unpaired) electrons. The summed E-state index contributed by atoms with van der Waals surface area (Å²) in [5.74, 6) is 0. The van der Waals surface area contributed by atoms with Crippen LogP contribution in [0.4, 0.5) is 0 Å². The number of aromatic nitrogens is 1. The number of benzene rings is 3. The largest absolute Gasteiger partial charge is 0.255 e. The Kier molecular flexibility index (Phi) is 5.08. The molecule has 3 heteroatoms. The van der Waals surface area contributed by atoms with E-state index in [2.05, 4.69) is 103 Å². The standard InChI is InChI=1S/C30H33NSSi/c1-18-9-11-20-16-21(17-25(24(20)15-18)30(3,4)5)26-27-23(13-14-31-26)22-12-10-19(2)29(28(22)32-27)33(6,7)8/h9-17H,1-8H3. The van der Waals surface area contributed by atoms with Gasteiger partial charge >= 0.3 is 0 Å². The first-order valence-electron chi connectivity index (χ1n) is 11.8. The first-order chi connectivity index (χ1) is 15.4. The number of hydrogen-bond acceptors (Lipinski definition) is 2. The molecule has 33 heavy (non-hydrogen) atoms. The van der Waals surface area contributed by atoms with E-state index < -0.39 is 8.07 Å². The van der Waals surface area contributed by atoms with Crippen LogP contribution in [0.1, 0.15) is 37.5 Å². The van der Waals surface area contributed by atoms with Crippen molar-refractivity contribution >= 4 is 55.5 Å². The van der Waals surface area contributed by atoms with Crippen LogP contribution in [0.3, 0.4) is 0 Å². The van der Waals surface area contributed by atoms with Crippen molar-refractivity contribution in [2.75, 3.05) is 0 Å². The van der Waals surface area contributed by atoms with E-state index >= 15 is 0 Å². The highest BCUT2D eigenvalue weighted by Gasteiger charge is 2.25. The Balaban J connectivity index is 1.86. The average molecular weight is 468 g/mol. The molecule has 0 bridgehead atoms. The lowest BCUT2D eigenvalue weighted by molar-refractivity contribution is 0.596. The third-order valence-electron chi connectivity index (χ3n) is 6.71. The van der Waals surface area contributed by atoms with Crippen LogP contribution in [0.15, 0.2) is 54.7 Å². The zero-order chi connectivity index (χ0) is 23.7. The fourth-order valence-corrected chi connectivity index (χ4v) is 9.70. The first-order valence-corrected chi connectivity index (χ1v) is 16.1. The molecule has 0 N–H and O–H groups in total. The van der Waals surface area contributed by atoms with Gasteiger partial charge in [0.2, 0.25) is 0 Å². The van der Waals surface area contributed by atoms with Crippen LogP contribution in [0.5, 0.6) is 0 Å². The maximum absolute atomic E-state index is 4.96. The van der Waals surface area contributed by atoms with Gasteiger partial charge in [0.15, 0.2) is 0 Å². The molecule has 0 atom stereocenters. The summed E-state index contributed by atoms with van der Waals surface area (Å²) in [6, 6.07) is 18.4. The van der Waals surface area contributed by atoms with E-state index in [1.165, 1.54) is 53.2 Å². The second-order valence-electron chi connectivity index (χ2n) is 11.5. The van der Waals surface area contributed by atoms with Crippen molar-refractivity contribution in [2.45, 2.75) is 59.7 Å². The number of rotatable bonds is 2. The number of nitrogens with zero attached hydrogens (tertiary/aromatic N) is 1. The van der Waals surface area contributed by atoms with Crippen molar-refractivity contribution in [3.05, 3.63) is 71.4 Å². The molecule has 3 aromatic carbocycles. The maximum Gasteiger partial charge on any atom is 0.0880 e. The topological polar surface area (TPSA) is 12.9 Å². The Bertz CT molecular complexity index is 1540. The van der Waals surface area contributed by atoms with E-state index in [4.69, 9.17) is 4.98 Å². The van der Waals surface area contributed by atoms with Crippen molar-refractivity contribution in [1.29, 1.82) is 0 Å². The van der Waals surface area contributed by atoms with Crippen molar-refractivity contribution in [1.82, 2.24) is 4.98 Å². The molecule has 5 aromatic rings. The Morgan fingerprint density at radius 1 is 0.788 bits per heavy atom. The predicted octanol–water partition coefficient (Wildman–Crippen LogP) is 8.73. The lowest BCUT2D eigenvalue weighted by Gasteiger charge is -2.23. The summed E-state index contributed by atoms with van der Waals surface area (Å²) in [6.07, 6.45) is 1.99. The van der Waals surface area contributed by atoms with Crippen LogP contribution in [0.25, 0.3) is 42.2 Å². The summed E-state index contributed by atoms with van der Waals surface area (Å²) in [4.78, 5) is 4.96. The monoisotopic (exact) mass is 467 g/mol. The highest BCUT2D eigenvalue weighted by atomic mass is 32.1. The van der Waals surface area contributed by atoms with Gasteiger partial charge in [0.05, 0.1) is 18.5 Å². The van der Waals surface area contributed by atoms with E-state index in [0.717, 1.165) is 5.69 Å². The summed E-state index contributed by atoms with van der Waals surface area (Å²) in [6.45, 7) is 18.8. The lowest BCUT2D eigenvalue weighted by Crippen LogP contribution is -2.39. The second kappa shape index (κ2) is 7.51. The summed E-state index contributed by atoms with van der Waals surface area (Å²) in [5, 5.41) is 6.96. The molecule has 0 saturated carbocycles. The van der Waals surface area contributed by atoms with Gasteiger partial charge in [-0.15, -0.1) is 11.3 Å². The van der Waals surface area contributed by atoms with E-state index in [0.29, 0.717) is 0 Å². The Hall–Kier alpha value is -2.49. The maximum atomic E-state index is 4.96. The van der Waals surface area contributed by atoms with Crippen LogP contribution in [-0.4, -0.2) is 13.1 Å². The van der Waals surface area contributed by atoms with Crippen molar-refractivity contribution in [3.8, 4) is 11.3 Å². The molecule has 168 valence electrons. The van der Waals surface area contributed by atoms with Crippen LogP contribution in [-0.2, 0) is 5.41 Å². The van der Waals surface area contributed by atoms with Gasteiger partial charge in [0, 0.05) is 27.2 Å². The molecule has 1 nitrogen and oxygen atoms in total. The molecular weight excluding hydrogens is 434 g/mol. The fourth-order valence-electron chi connectivity index (χ4n) is 5.23. The number of thiophene rings is 1. The minimum atomic E-state index is -1.49. The highest BCUT2D eigenvalue weighted by Crippen LogP contribution is 2.41. The first kappa shape index (κ1) is 22.3. The number of pyridine rings is 1. The molecular formula is C30H33NSSi. The summed E-state index contributed by atoms with van der Waals surface area (Å²) < 4.78 is 2.77. The zero-order valence-electron chi connectivity index (χ0n) is 21.1. The van der Waals surface area contributed by atoms with Gasteiger partial charge in [-0.05, 0) is 59.0 Å². The van der Waals surface area contributed by atoms with Crippen LogP contribution in [0, 0.1) is 13.8 Å². The molecule has 0 aliphatic carbocycles. The van der Waals surface area contributed by atoms with Gasteiger partial charge in [-0.3, -0.25) is 4.98 Å². The Morgan fingerprint density at radius 3 is 2.21 bits per heavy atom. The summed E-state index contributed by atoms with van der Waals surface area (Å²) in [5.41, 5.74) is 6.51. The highest BCUT2D eigenvalue weighted by molar-refractivity contribution is 7.28. The molecule has 0 unspecified atom stereocenters. The number of fused-ring (bicyclic) bond motifs is 4. The lowest BCUT2D eigenvalue weighted by atomic mass is 9.82. The third-order valence-corrected chi connectivity index (χ3v) is 10.3. The van der Waals surface area contributed by atoms with E-state index in [9.17, 15) is 0 Å². The smallest absolute Gasteiger partial charge is 0.0880 e. The minimum absolute atomic E-state index is 0.0538. The van der Waals surface area contributed by atoms with Crippen LogP contribution in [0.2, 0.25) is 19.6 Å². The van der Waals surface area contributed by atoms with Gasteiger partial charge in [-0.25, -0.2) is 0 Å². The van der Waals surface area contributed by atoms with Crippen LogP contribution >= 0.6 is 11.3 Å². The molecule has 0 fully saturated rings. The molecule has 0 saturated heterocycles. The predicted molar refractivity (Wildman–Crippen MR) is 151 cm³/mol. The second-order valence-corrected chi connectivity index (χ2v) is 17.5. The molecule has 2 heterocycles. The van der Waals surface area contributed by atoms with Gasteiger partial charge in [-0.1, -0.05) is 81.9 Å². The van der Waals surface area contributed by atoms with Crippen molar-refractivity contribution < 1.29 is 0 Å². The minimum Gasteiger partial charge on any atom is -0.255 e. The SMILES string of the molecule is Cc1ccc2cc(-c3nccc4c3sc3c([Si](C)(C)C)c(C)ccc34)cc(C(C)(C)C)c2c1. The Labute approximate surface area is 202 Å². The quantitative estimate of drug-likeness (QED) is 0.236.